The topological polar surface area (TPSA) is 69.6 Å². The third kappa shape index (κ3) is 2.95. The SMILES string of the molecule is C=CCn1c(=NC(=O)c2cc(C)no2)sc2cc(OC)ccc21. The van der Waals surface area contributed by atoms with Crippen molar-refractivity contribution in [3.8, 4) is 5.75 Å². The lowest BCUT2D eigenvalue weighted by atomic mass is 10.3. The summed E-state index contributed by atoms with van der Waals surface area (Å²) in [5.74, 6) is 0.429. The molecule has 7 heteroatoms. The fourth-order valence-corrected chi connectivity index (χ4v) is 3.24. The van der Waals surface area contributed by atoms with Crippen LogP contribution in [0.1, 0.15) is 16.2 Å². The van der Waals surface area contributed by atoms with E-state index in [0.717, 1.165) is 16.0 Å². The number of aromatic nitrogens is 2. The van der Waals surface area contributed by atoms with Gasteiger partial charge in [-0.25, -0.2) is 0 Å². The predicted octanol–water partition coefficient (Wildman–Crippen LogP) is 2.93. The Morgan fingerprint density at radius 2 is 2.35 bits per heavy atom. The van der Waals surface area contributed by atoms with Crippen molar-refractivity contribution in [3.05, 3.63) is 53.2 Å². The molecule has 1 amide bonds. The van der Waals surface area contributed by atoms with Gasteiger partial charge in [-0.15, -0.1) is 6.58 Å². The first kappa shape index (κ1) is 15.2. The number of rotatable bonds is 4. The highest BCUT2D eigenvalue weighted by Gasteiger charge is 2.13. The van der Waals surface area contributed by atoms with E-state index in [9.17, 15) is 4.79 Å². The summed E-state index contributed by atoms with van der Waals surface area (Å²) in [6, 6.07) is 7.30. The number of carbonyl (C=O) groups is 1. The maximum absolute atomic E-state index is 12.2. The van der Waals surface area contributed by atoms with Gasteiger partial charge in [0.2, 0.25) is 5.76 Å². The Morgan fingerprint density at radius 3 is 3.00 bits per heavy atom. The Kier molecular flexibility index (Phi) is 4.12. The molecule has 0 unspecified atom stereocenters. The molecule has 0 saturated heterocycles. The number of aryl methyl sites for hydroxylation is 1. The molecule has 6 nitrogen and oxygen atoms in total. The minimum atomic E-state index is -0.457. The lowest BCUT2D eigenvalue weighted by Crippen LogP contribution is -2.16. The average molecular weight is 329 g/mol. The van der Waals surface area contributed by atoms with Crippen LogP contribution in [0.2, 0.25) is 0 Å². The van der Waals surface area contributed by atoms with E-state index in [-0.39, 0.29) is 5.76 Å². The second-order valence-corrected chi connectivity index (χ2v) is 5.88. The highest BCUT2D eigenvalue weighted by molar-refractivity contribution is 7.16. The van der Waals surface area contributed by atoms with Gasteiger partial charge >= 0.3 is 5.91 Å². The number of allylic oxidation sites excluding steroid dienone is 1. The van der Waals surface area contributed by atoms with Gasteiger partial charge in [0, 0.05) is 12.6 Å². The van der Waals surface area contributed by atoms with Crippen molar-refractivity contribution >= 4 is 27.5 Å². The number of amides is 1. The average Bonchev–Trinajstić information content (AvgIpc) is 3.11. The monoisotopic (exact) mass is 329 g/mol. The van der Waals surface area contributed by atoms with E-state index in [1.807, 2.05) is 22.8 Å². The van der Waals surface area contributed by atoms with Gasteiger partial charge in [-0.3, -0.25) is 4.79 Å². The second-order valence-electron chi connectivity index (χ2n) is 4.87. The van der Waals surface area contributed by atoms with E-state index in [1.165, 1.54) is 11.3 Å². The van der Waals surface area contributed by atoms with Crippen LogP contribution in [-0.2, 0) is 6.54 Å². The largest absolute Gasteiger partial charge is 0.497 e. The number of methoxy groups -OCH3 is 1. The van der Waals surface area contributed by atoms with Crippen molar-refractivity contribution in [2.24, 2.45) is 4.99 Å². The first-order chi connectivity index (χ1) is 11.1. The van der Waals surface area contributed by atoms with Gasteiger partial charge in [-0.1, -0.05) is 22.6 Å². The predicted molar refractivity (Wildman–Crippen MR) is 87.7 cm³/mol. The van der Waals surface area contributed by atoms with Crippen LogP contribution in [0.15, 0.2) is 46.4 Å². The summed E-state index contributed by atoms with van der Waals surface area (Å²) in [7, 11) is 1.62. The van der Waals surface area contributed by atoms with Gasteiger partial charge in [0.1, 0.15) is 5.75 Å². The van der Waals surface area contributed by atoms with E-state index in [0.29, 0.717) is 17.0 Å². The molecule has 0 fully saturated rings. The van der Waals surface area contributed by atoms with Crippen LogP contribution < -0.4 is 9.54 Å². The molecule has 0 spiro atoms. The molecule has 23 heavy (non-hydrogen) atoms. The Bertz CT molecular complexity index is 949. The van der Waals surface area contributed by atoms with Gasteiger partial charge < -0.3 is 13.8 Å². The van der Waals surface area contributed by atoms with Gasteiger partial charge in [-0.2, -0.15) is 4.99 Å². The Hall–Kier alpha value is -2.67. The van der Waals surface area contributed by atoms with Crippen LogP contribution in [-0.4, -0.2) is 22.7 Å². The first-order valence-corrected chi connectivity index (χ1v) is 7.74. The zero-order valence-electron chi connectivity index (χ0n) is 12.8. The Balaban J connectivity index is 2.15. The molecule has 0 bridgehead atoms. The summed E-state index contributed by atoms with van der Waals surface area (Å²) in [4.78, 5) is 17.0. The summed E-state index contributed by atoms with van der Waals surface area (Å²) in [5, 5.41) is 3.71. The lowest BCUT2D eigenvalue weighted by Gasteiger charge is -2.02. The number of ether oxygens (including phenoxy) is 1. The summed E-state index contributed by atoms with van der Waals surface area (Å²) in [6.07, 6.45) is 1.76. The molecule has 0 N–H and O–H groups in total. The van der Waals surface area contributed by atoms with E-state index < -0.39 is 5.91 Å². The highest BCUT2D eigenvalue weighted by atomic mass is 32.1. The van der Waals surface area contributed by atoms with Crippen LogP contribution in [0.3, 0.4) is 0 Å². The van der Waals surface area contributed by atoms with E-state index in [1.54, 1.807) is 26.2 Å². The van der Waals surface area contributed by atoms with Crippen molar-refractivity contribution in [1.29, 1.82) is 0 Å². The molecular formula is C16H15N3O3S. The summed E-state index contributed by atoms with van der Waals surface area (Å²) in [6.45, 7) is 6.07. The standard InChI is InChI=1S/C16H15N3O3S/c1-4-7-19-12-6-5-11(21-3)9-14(12)23-16(19)17-15(20)13-8-10(2)18-22-13/h4-6,8-9H,1,7H2,2-3H3. The first-order valence-electron chi connectivity index (χ1n) is 6.93. The maximum atomic E-state index is 12.2. The van der Waals surface area contributed by atoms with Gasteiger partial charge in [-0.05, 0) is 25.1 Å². The van der Waals surface area contributed by atoms with Gasteiger partial charge in [0.15, 0.2) is 4.80 Å². The molecular weight excluding hydrogens is 314 g/mol. The molecule has 3 aromatic rings. The van der Waals surface area contributed by atoms with Gasteiger partial charge in [0.05, 0.1) is 23.0 Å². The zero-order valence-corrected chi connectivity index (χ0v) is 13.6. The van der Waals surface area contributed by atoms with Crippen molar-refractivity contribution < 1.29 is 14.1 Å². The molecule has 2 heterocycles. The maximum Gasteiger partial charge on any atom is 0.318 e. The van der Waals surface area contributed by atoms with Crippen LogP contribution in [0.5, 0.6) is 5.75 Å². The van der Waals surface area contributed by atoms with Crippen molar-refractivity contribution in [1.82, 2.24) is 9.72 Å². The fourth-order valence-electron chi connectivity index (χ4n) is 2.18. The quantitative estimate of drug-likeness (QED) is 0.690. The second kappa shape index (κ2) is 6.21. The van der Waals surface area contributed by atoms with Crippen LogP contribution in [0.25, 0.3) is 10.2 Å². The molecule has 0 saturated carbocycles. The van der Waals surface area contributed by atoms with Crippen LogP contribution >= 0.6 is 11.3 Å². The molecule has 118 valence electrons. The minimum Gasteiger partial charge on any atom is -0.497 e. The molecule has 0 radical (unpaired) electrons. The van der Waals surface area contributed by atoms with Gasteiger partial charge in [0.25, 0.3) is 0 Å². The number of thiazole rings is 1. The normalized spacial score (nSPS) is 11.8. The molecule has 2 aromatic heterocycles. The summed E-state index contributed by atoms with van der Waals surface area (Å²) >= 11 is 1.41. The number of nitrogens with zero attached hydrogens (tertiary/aromatic N) is 3. The Morgan fingerprint density at radius 1 is 1.52 bits per heavy atom. The lowest BCUT2D eigenvalue weighted by molar-refractivity contribution is 0.0962. The fraction of sp³-hybridized carbons (Fsp3) is 0.188. The summed E-state index contributed by atoms with van der Waals surface area (Å²) < 4.78 is 13.1. The molecule has 1 aromatic carbocycles. The molecule has 3 rings (SSSR count). The number of hydrogen-bond acceptors (Lipinski definition) is 5. The van der Waals surface area contributed by atoms with Crippen molar-refractivity contribution in [2.75, 3.05) is 7.11 Å². The zero-order chi connectivity index (χ0) is 16.4. The number of hydrogen-bond donors (Lipinski definition) is 0. The van der Waals surface area contributed by atoms with E-state index in [2.05, 4.69) is 16.7 Å². The van der Waals surface area contributed by atoms with E-state index >= 15 is 0 Å². The number of carbonyl (C=O) groups excluding carboxylic acids is 1. The van der Waals surface area contributed by atoms with Crippen molar-refractivity contribution in [2.45, 2.75) is 13.5 Å². The Labute approximate surface area is 136 Å². The van der Waals surface area contributed by atoms with Crippen LogP contribution in [0.4, 0.5) is 0 Å². The summed E-state index contributed by atoms with van der Waals surface area (Å²) in [5.41, 5.74) is 1.61. The van der Waals surface area contributed by atoms with Crippen molar-refractivity contribution in [3.63, 3.8) is 0 Å². The number of fused-ring (bicyclic) bond motifs is 1. The molecule has 0 aliphatic rings. The van der Waals surface area contributed by atoms with Crippen LogP contribution in [0, 0.1) is 6.92 Å². The minimum absolute atomic E-state index is 0.127. The third-order valence-corrected chi connectivity index (χ3v) is 4.28. The molecule has 0 aliphatic heterocycles. The number of benzene rings is 1. The molecule has 0 aliphatic carbocycles. The smallest absolute Gasteiger partial charge is 0.318 e. The van der Waals surface area contributed by atoms with E-state index in [4.69, 9.17) is 9.26 Å². The third-order valence-electron chi connectivity index (χ3n) is 3.24. The molecule has 0 atom stereocenters. The highest BCUT2D eigenvalue weighted by Crippen LogP contribution is 2.23.